The van der Waals surface area contributed by atoms with Gasteiger partial charge in [-0.1, -0.05) is 58.1 Å². The number of fused-ring (bicyclic) bond motifs is 1. The number of phenolic OH excluding ortho intramolecular Hbond substituents is 4. The number of allylic oxidation sites excluding steroid dienone is 4. The Bertz CT molecular complexity index is 2060. The molecule has 0 bridgehead atoms. The summed E-state index contributed by atoms with van der Waals surface area (Å²) in [5.74, 6) is -5.24. The van der Waals surface area contributed by atoms with Gasteiger partial charge in [-0.25, -0.2) is 9.59 Å². The molecule has 1 fully saturated rings. The highest BCUT2D eigenvalue weighted by Gasteiger charge is 2.44. The third-order valence-corrected chi connectivity index (χ3v) is 9.30. The van der Waals surface area contributed by atoms with Crippen molar-refractivity contribution in [2.75, 3.05) is 34.5 Å². The number of esters is 3. The predicted molar refractivity (Wildman–Crippen MR) is 231 cm³/mol. The van der Waals surface area contributed by atoms with E-state index in [1.54, 1.807) is 12.1 Å². The van der Waals surface area contributed by atoms with Crippen molar-refractivity contribution in [1.29, 1.82) is 0 Å². The molecule has 1 saturated heterocycles. The molecule has 2 aromatic carbocycles. The lowest BCUT2D eigenvalue weighted by Gasteiger charge is -2.36. The minimum Gasteiger partial charge on any atom is -0.508 e. The number of phenols is 4. The molecule has 0 radical (unpaired) electrons. The highest BCUT2D eigenvalue weighted by molar-refractivity contribution is 5.84. The summed E-state index contributed by atoms with van der Waals surface area (Å²) >= 11 is 0. The van der Waals surface area contributed by atoms with Crippen LogP contribution >= 0.6 is 0 Å². The van der Waals surface area contributed by atoms with E-state index in [2.05, 4.69) is 10.1 Å². The van der Waals surface area contributed by atoms with Crippen molar-refractivity contribution in [3.63, 3.8) is 0 Å². The maximum absolute atomic E-state index is 14.1. The van der Waals surface area contributed by atoms with Gasteiger partial charge in [-0.05, 0) is 64.8 Å². The fourth-order valence-electron chi connectivity index (χ4n) is 6.37. The molecular formula is C46H59NO16. The maximum atomic E-state index is 14.1. The lowest BCUT2D eigenvalue weighted by Crippen LogP contribution is -2.39. The molecule has 5 rings (SSSR count). The molecule has 3 aliphatic rings. The van der Waals surface area contributed by atoms with E-state index in [9.17, 15) is 49.8 Å². The normalized spacial score (nSPS) is 18.6. The quantitative estimate of drug-likeness (QED) is 0.0375. The molecule has 8 N–H and O–H groups in total. The summed E-state index contributed by atoms with van der Waals surface area (Å²) in [7, 11) is 3.81. The second-order valence-electron chi connectivity index (χ2n) is 13.3. The first-order valence-electron chi connectivity index (χ1n) is 20.2. The Hall–Kier alpha value is -6.56. The van der Waals surface area contributed by atoms with Crippen molar-refractivity contribution in [1.82, 2.24) is 5.32 Å². The molecule has 344 valence electrons. The number of carbonyl (C=O) groups is 4. The molecular weight excluding hydrogens is 822 g/mol. The van der Waals surface area contributed by atoms with Crippen molar-refractivity contribution >= 4 is 24.2 Å². The highest BCUT2D eigenvalue weighted by atomic mass is 16.6. The van der Waals surface area contributed by atoms with Crippen LogP contribution in [0.25, 0.3) is 0 Å². The number of hydrogen-bond acceptors (Lipinski definition) is 17. The molecule has 1 heterocycles. The van der Waals surface area contributed by atoms with Crippen LogP contribution in [0, 0.1) is 5.92 Å². The zero-order valence-corrected chi connectivity index (χ0v) is 36.4. The van der Waals surface area contributed by atoms with Crippen molar-refractivity contribution < 1.29 is 78.6 Å². The molecule has 17 nitrogen and oxygen atoms in total. The van der Waals surface area contributed by atoms with Crippen LogP contribution in [0.4, 0.5) is 0 Å². The Balaban J connectivity index is 0.000000570. The molecule has 2 aromatic rings. The topological polar surface area (TPSA) is 268 Å². The summed E-state index contributed by atoms with van der Waals surface area (Å²) in [4.78, 5) is 49.2. The van der Waals surface area contributed by atoms with E-state index in [1.807, 2.05) is 27.7 Å². The maximum Gasteiger partial charge on any atom is 0.347 e. The smallest absolute Gasteiger partial charge is 0.347 e. The molecule has 63 heavy (non-hydrogen) atoms. The van der Waals surface area contributed by atoms with E-state index >= 15 is 0 Å². The monoisotopic (exact) mass is 881 g/mol. The molecule has 1 aliphatic heterocycles. The number of methoxy groups -OCH3 is 3. The van der Waals surface area contributed by atoms with Crippen LogP contribution < -0.4 is 5.32 Å². The number of carbonyl (C=O) groups excluding carboxylic acids is 4. The van der Waals surface area contributed by atoms with Gasteiger partial charge in [0.25, 0.3) is 0 Å². The minimum absolute atomic E-state index is 0.132. The number of hydrogen-bond donors (Lipinski definition) is 8. The molecule has 0 amide bonds. The van der Waals surface area contributed by atoms with Gasteiger partial charge in [-0.3, -0.25) is 4.79 Å². The van der Waals surface area contributed by atoms with Crippen LogP contribution in [0.1, 0.15) is 64.2 Å². The number of aliphatic hydroxyl groups excluding tert-OH is 3. The van der Waals surface area contributed by atoms with Gasteiger partial charge in [0.1, 0.15) is 29.8 Å². The number of ether oxygens (including phenoxy) is 5. The number of rotatable bonds is 14. The summed E-state index contributed by atoms with van der Waals surface area (Å²) in [5, 5.41) is 72.4. The van der Waals surface area contributed by atoms with E-state index in [0.717, 1.165) is 13.4 Å². The first kappa shape index (κ1) is 52.6. The number of nitrogens with one attached hydrogen (secondary N) is 1. The minimum atomic E-state index is -1.48. The first-order chi connectivity index (χ1) is 30.2. The summed E-state index contributed by atoms with van der Waals surface area (Å²) in [6.45, 7) is 8.11. The average Bonchev–Trinajstić information content (AvgIpc) is 3.55. The van der Waals surface area contributed by atoms with Gasteiger partial charge in [0, 0.05) is 50.6 Å². The third kappa shape index (κ3) is 15.1. The van der Waals surface area contributed by atoms with Crippen LogP contribution in [-0.4, -0.2) is 113 Å². The van der Waals surface area contributed by atoms with Crippen molar-refractivity contribution in [3.05, 3.63) is 118 Å². The number of aromatic hydroxyl groups is 4. The van der Waals surface area contributed by atoms with E-state index in [-0.39, 0.29) is 73.2 Å². The van der Waals surface area contributed by atoms with Gasteiger partial charge in [-0.15, -0.1) is 0 Å². The molecule has 0 aromatic heterocycles. The van der Waals surface area contributed by atoms with Crippen molar-refractivity contribution in [2.24, 2.45) is 5.92 Å². The Morgan fingerprint density at radius 1 is 0.841 bits per heavy atom. The van der Waals surface area contributed by atoms with Gasteiger partial charge in [0.15, 0.2) is 29.1 Å². The van der Waals surface area contributed by atoms with E-state index in [1.165, 1.54) is 74.9 Å². The van der Waals surface area contributed by atoms with E-state index in [4.69, 9.17) is 24.1 Å². The molecule has 5 atom stereocenters. The summed E-state index contributed by atoms with van der Waals surface area (Å²) < 4.78 is 26.2. The molecule has 0 saturated carbocycles. The zero-order chi connectivity index (χ0) is 47.2. The molecule has 0 spiro atoms. The number of benzene rings is 2. The fourth-order valence-corrected chi connectivity index (χ4v) is 6.37. The first-order valence-corrected chi connectivity index (χ1v) is 20.2. The van der Waals surface area contributed by atoms with Crippen LogP contribution in [0.15, 0.2) is 107 Å². The van der Waals surface area contributed by atoms with Gasteiger partial charge < -0.3 is 69.5 Å². The Kier molecular flexibility index (Phi) is 22.3. The average molecular weight is 882 g/mol. The van der Waals surface area contributed by atoms with Crippen molar-refractivity contribution in [2.45, 2.75) is 77.8 Å². The fraction of sp³-hybridized carbons (Fsp3) is 0.391. The van der Waals surface area contributed by atoms with E-state index in [0.29, 0.717) is 28.0 Å². The predicted octanol–water partition coefficient (Wildman–Crippen LogP) is 5.64. The number of aldehydes is 1. The second kappa shape index (κ2) is 26.7. The lowest BCUT2D eigenvalue weighted by atomic mass is 9.80. The molecule has 17 heteroatoms. The van der Waals surface area contributed by atoms with Gasteiger partial charge >= 0.3 is 17.9 Å². The van der Waals surface area contributed by atoms with Gasteiger partial charge in [0.05, 0.1) is 26.9 Å². The Morgan fingerprint density at radius 3 is 2.08 bits per heavy atom. The third-order valence-electron chi connectivity index (χ3n) is 9.30. The Morgan fingerprint density at radius 2 is 1.48 bits per heavy atom. The highest BCUT2D eigenvalue weighted by Crippen LogP contribution is 2.45. The SMILES string of the molecule is CC.CC.COC(=O)C(CC1=CC(O)=CC(O)C=C1)OC(=O)C1C2=C(NCCC=O)CC=CC(O)=C2COC1c1ccc(O)c(O)c1.COC(=O)C(Cc1ccc(O)c(O)c1)OC. The largest absolute Gasteiger partial charge is 0.508 e. The van der Waals surface area contributed by atoms with Crippen LogP contribution in [0.2, 0.25) is 0 Å². The standard InChI is InChI=1S/C31H33NO11.C11H14O5.2C2H6/c1-41-30(39)26(13-17-6-8-19(34)15-20(35)12-17)43-31(40)28-27-21(23(36)5-2-4-22(27)32-10-3-11-33)16-42-29(28)18-7-9-24(37)25(38)14-18;1-15-10(11(14)16-2)6-7-3-4-8(12)9(13)5-7;2*1-2/h2,5-9,11-12,14-15,19,26,28-29,32,34-38H,3-4,10,13,16H2,1H3;3-5,10,12-13H,6H2,1-2H3;2*1-2H3. The van der Waals surface area contributed by atoms with Gasteiger partial charge in [0.2, 0.25) is 6.10 Å². The second-order valence-corrected chi connectivity index (χ2v) is 13.3. The van der Waals surface area contributed by atoms with Crippen molar-refractivity contribution in [3.8, 4) is 23.0 Å². The zero-order valence-electron chi connectivity index (χ0n) is 36.4. The summed E-state index contributed by atoms with van der Waals surface area (Å²) in [5.41, 5.74) is 2.48. The van der Waals surface area contributed by atoms with Crippen LogP contribution in [0.3, 0.4) is 0 Å². The molecule has 2 aliphatic carbocycles. The van der Waals surface area contributed by atoms with Crippen LogP contribution in [-0.2, 0) is 49.3 Å². The summed E-state index contributed by atoms with van der Waals surface area (Å²) in [6.07, 6.45) is 5.39. The van der Waals surface area contributed by atoms with Gasteiger partial charge in [-0.2, -0.15) is 0 Å². The van der Waals surface area contributed by atoms with E-state index < -0.39 is 54.0 Å². The Labute approximate surface area is 366 Å². The van der Waals surface area contributed by atoms with Crippen LogP contribution in [0.5, 0.6) is 23.0 Å². The number of aliphatic hydroxyl groups is 3. The summed E-state index contributed by atoms with van der Waals surface area (Å²) in [6, 6.07) is 8.27. The lowest BCUT2D eigenvalue weighted by molar-refractivity contribution is -0.171. The molecule has 5 unspecified atom stereocenters.